The first-order valence-corrected chi connectivity index (χ1v) is 9.25. The molecule has 0 saturated carbocycles. The molecule has 1 aromatic heterocycles. The van der Waals surface area contributed by atoms with E-state index in [0.29, 0.717) is 6.61 Å². The fourth-order valence-electron chi connectivity index (χ4n) is 1.75. The molecule has 1 aromatic carbocycles. The molecule has 5 heteroatoms. The van der Waals surface area contributed by atoms with Crippen LogP contribution in [0.2, 0.25) is 0 Å². The number of hydrogen-bond donors (Lipinski definition) is 1. The van der Waals surface area contributed by atoms with Crippen molar-refractivity contribution in [2.24, 2.45) is 0 Å². The van der Waals surface area contributed by atoms with E-state index in [2.05, 4.69) is 86.9 Å². The number of nitrogens with one attached hydrogen (secondary N) is 1. The Hall–Kier alpha value is -0.360. The molecule has 2 rings (SSSR count). The van der Waals surface area contributed by atoms with Gasteiger partial charge in [-0.3, -0.25) is 0 Å². The smallest absolute Gasteiger partial charge is 0.148 e. The summed E-state index contributed by atoms with van der Waals surface area (Å²) in [6.07, 6.45) is 0. The minimum atomic E-state index is 0.104. The number of benzene rings is 1. The van der Waals surface area contributed by atoms with Crippen LogP contribution in [0.1, 0.15) is 31.9 Å². The Kier molecular flexibility index (Phi) is 5.88. The lowest BCUT2D eigenvalue weighted by atomic mass is 10.1. The van der Waals surface area contributed by atoms with Gasteiger partial charge in [-0.05, 0) is 92.7 Å². The molecule has 0 unspecified atom stereocenters. The van der Waals surface area contributed by atoms with E-state index in [4.69, 9.17) is 4.74 Å². The number of ether oxygens (including phenoxy) is 1. The Morgan fingerprint density at radius 1 is 1.14 bits per heavy atom. The van der Waals surface area contributed by atoms with Crippen LogP contribution in [-0.2, 0) is 13.2 Å². The lowest BCUT2D eigenvalue weighted by Gasteiger charge is -2.21. The van der Waals surface area contributed by atoms with Crippen molar-refractivity contribution in [3.63, 3.8) is 0 Å². The van der Waals surface area contributed by atoms with E-state index in [9.17, 15) is 0 Å². The Bertz CT molecular complexity index is 568. The van der Waals surface area contributed by atoms with Gasteiger partial charge in [0.2, 0.25) is 0 Å². The third-order valence-electron chi connectivity index (χ3n) is 2.84. The van der Waals surface area contributed by atoms with E-state index in [-0.39, 0.29) is 5.54 Å². The van der Waals surface area contributed by atoms with Crippen LogP contribution >= 0.6 is 43.2 Å². The van der Waals surface area contributed by atoms with Gasteiger partial charge in [-0.2, -0.15) is 11.3 Å². The van der Waals surface area contributed by atoms with Gasteiger partial charge in [-0.15, -0.1) is 0 Å². The number of halogens is 2. The molecule has 0 amide bonds. The normalized spacial score (nSPS) is 11.7. The van der Waals surface area contributed by atoms with Crippen molar-refractivity contribution in [2.75, 3.05) is 0 Å². The first-order valence-electron chi connectivity index (χ1n) is 6.72. The molecule has 0 aliphatic heterocycles. The molecule has 0 aliphatic carbocycles. The van der Waals surface area contributed by atoms with Crippen LogP contribution in [0.4, 0.5) is 0 Å². The predicted molar refractivity (Wildman–Crippen MR) is 97.1 cm³/mol. The highest BCUT2D eigenvalue weighted by Gasteiger charge is 2.12. The number of thiophene rings is 1. The fourth-order valence-corrected chi connectivity index (χ4v) is 3.91. The summed E-state index contributed by atoms with van der Waals surface area (Å²) in [6, 6.07) is 6.28. The van der Waals surface area contributed by atoms with Crippen LogP contribution < -0.4 is 10.1 Å². The summed E-state index contributed by atoms with van der Waals surface area (Å²) in [5, 5.41) is 7.65. The molecular weight excluding hydrogens is 414 g/mol. The average Bonchev–Trinajstić information content (AvgIpc) is 2.87. The van der Waals surface area contributed by atoms with Crippen LogP contribution in [0.25, 0.3) is 0 Å². The molecule has 2 aromatic rings. The molecule has 114 valence electrons. The monoisotopic (exact) mass is 431 g/mol. The lowest BCUT2D eigenvalue weighted by molar-refractivity contribution is 0.302. The minimum Gasteiger partial charge on any atom is -0.487 e. The van der Waals surface area contributed by atoms with Crippen molar-refractivity contribution in [1.82, 2.24) is 5.32 Å². The third kappa shape index (κ3) is 5.40. The maximum Gasteiger partial charge on any atom is 0.148 e. The molecule has 21 heavy (non-hydrogen) atoms. The van der Waals surface area contributed by atoms with Gasteiger partial charge in [0.15, 0.2) is 0 Å². The van der Waals surface area contributed by atoms with Crippen LogP contribution in [0.5, 0.6) is 5.75 Å². The maximum absolute atomic E-state index is 5.90. The van der Waals surface area contributed by atoms with Crippen molar-refractivity contribution in [2.45, 2.75) is 39.5 Å². The molecule has 0 saturated heterocycles. The Morgan fingerprint density at radius 3 is 2.33 bits per heavy atom. The SMILES string of the molecule is CC(C)(C)NCc1cc(Br)c(OCc2ccsc2)c(Br)c1. The van der Waals surface area contributed by atoms with Crippen molar-refractivity contribution in [3.8, 4) is 5.75 Å². The largest absolute Gasteiger partial charge is 0.487 e. The third-order valence-corrected chi connectivity index (χ3v) is 4.75. The molecule has 1 N–H and O–H groups in total. The fraction of sp³-hybridized carbons (Fsp3) is 0.375. The molecule has 0 spiro atoms. The minimum absolute atomic E-state index is 0.104. The summed E-state index contributed by atoms with van der Waals surface area (Å²) in [6.45, 7) is 7.89. The first kappa shape index (κ1) is 17.0. The van der Waals surface area contributed by atoms with E-state index < -0.39 is 0 Å². The molecule has 0 aliphatic rings. The Balaban J connectivity index is 2.06. The Labute approximate surface area is 147 Å². The van der Waals surface area contributed by atoms with E-state index in [1.54, 1.807) is 11.3 Å². The van der Waals surface area contributed by atoms with E-state index in [1.807, 2.05) is 0 Å². The van der Waals surface area contributed by atoms with Gasteiger partial charge in [0.05, 0.1) is 8.95 Å². The van der Waals surface area contributed by atoms with E-state index in [0.717, 1.165) is 21.2 Å². The second-order valence-corrected chi connectivity index (χ2v) is 8.40. The number of hydrogen-bond acceptors (Lipinski definition) is 3. The first-order chi connectivity index (χ1) is 9.85. The summed E-state index contributed by atoms with van der Waals surface area (Å²) in [5.41, 5.74) is 2.51. The van der Waals surface area contributed by atoms with Gasteiger partial charge in [0.25, 0.3) is 0 Å². The Morgan fingerprint density at radius 2 is 1.81 bits per heavy atom. The zero-order chi connectivity index (χ0) is 15.5. The zero-order valence-corrected chi connectivity index (χ0v) is 16.4. The summed E-state index contributed by atoms with van der Waals surface area (Å²) in [7, 11) is 0. The van der Waals surface area contributed by atoms with Crippen LogP contribution in [0.15, 0.2) is 37.9 Å². The highest BCUT2D eigenvalue weighted by atomic mass is 79.9. The number of rotatable bonds is 5. The molecule has 0 fully saturated rings. The molecule has 0 bridgehead atoms. The van der Waals surface area contributed by atoms with E-state index >= 15 is 0 Å². The maximum atomic E-state index is 5.90. The predicted octanol–water partition coefficient (Wildman–Crippen LogP) is 5.74. The van der Waals surface area contributed by atoms with E-state index in [1.165, 1.54) is 11.1 Å². The zero-order valence-electron chi connectivity index (χ0n) is 12.4. The van der Waals surface area contributed by atoms with Gasteiger partial charge < -0.3 is 10.1 Å². The van der Waals surface area contributed by atoms with Gasteiger partial charge in [-0.1, -0.05) is 0 Å². The van der Waals surface area contributed by atoms with Crippen LogP contribution in [0.3, 0.4) is 0 Å². The van der Waals surface area contributed by atoms with Gasteiger partial charge in [0.1, 0.15) is 12.4 Å². The molecular formula is C16H19Br2NOS. The summed E-state index contributed by atoms with van der Waals surface area (Å²) >= 11 is 8.89. The topological polar surface area (TPSA) is 21.3 Å². The van der Waals surface area contributed by atoms with Crippen LogP contribution in [-0.4, -0.2) is 5.54 Å². The summed E-state index contributed by atoms with van der Waals surface area (Å²) in [5.74, 6) is 0.848. The van der Waals surface area contributed by atoms with Gasteiger partial charge in [-0.25, -0.2) is 0 Å². The molecule has 0 atom stereocenters. The van der Waals surface area contributed by atoms with Crippen molar-refractivity contribution in [3.05, 3.63) is 49.0 Å². The average molecular weight is 433 g/mol. The lowest BCUT2D eigenvalue weighted by Crippen LogP contribution is -2.35. The van der Waals surface area contributed by atoms with Crippen LogP contribution in [0, 0.1) is 0 Å². The van der Waals surface area contributed by atoms with Crippen molar-refractivity contribution in [1.29, 1.82) is 0 Å². The standard InChI is InChI=1S/C16H19Br2NOS/c1-16(2,3)19-8-12-6-13(17)15(14(18)7-12)20-9-11-4-5-21-10-11/h4-7,10,19H,8-9H2,1-3H3. The second-order valence-electron chi connectivity index (χ2n) is 5.91. The summed E-state index contributed by atoms with van der Waals surface area (Å²) in [4.78, 5) is 0. The molecule has 2 nitrogen and oxygen atoms in total. The quantitative estimate of drug-likeness (QED) is 0.650. The highest BCUT2D eigenvalue weighted by molar-refractivity contribution is 9.11. The molecule has 0 radical (unpaired) electrons. The van der Waals surface area contributed by atoms with Crippen molar-refractivity contribution < 1.29 is 4.74 Å². The highest BCUT2D eigenvalue weighted by Crippen LogP contribution is 2.35. The second kappa shape index (κ2) is 7.27. The molecule has 1 heterocycles. The summed E-state index contributed by atoms with van der Waals surface area (Å²) < 4.78 is 7.85. The van der Waals surface area contributed by atoms with Crippen molar-refractivity contribution >= 4 is 43.2 Å². The van der Waals surface area contributed by atoms with Gasteiger partial charge in [0, 0.05) is 12.1 Å². The van der Waals surface area contributed by atoms with Gasteiger partial charge >= 0.3 is 0 Å².